The number of nitriles is 1. The zero-order valence-corrected chi connectivity index (χ0v) is 10.8. The summed E-state index contributed by atoms with van der Waals surface area (Å²) in [4.78, 5) is 8.02. The maximum absolute atomic E-state index is 8.64. The van der Waals surface area contributed by atoms with E-state index in [1.807, 2.05) is 18.2 Å². The van der Waals surface area contributed by atoms with Crippen LogP contribution in [-0.4, -0.2) is 16.5 Å². The lowest BCUT2D eigenvalue weighted by Crippen LogP contribution is -2.21. The quantitative estimate of drug-likeness (QED) is 0.891. The second kappa shape index (κ2) is 6.14. The second-order valence-electron chi connectivity index (χ2n) is 3.95. The van der Waals surface area contributed by atoms with Crippen molar-refractivity contribution in [1.82, 2.24) is 9.97 Å². The van der Waals surface area contributed by atoms with Gasteiger partial charge in [0.2, 0.25) is 5.95 Å². The molecule has 5 nitrogen and oxygen atoms in total. The van der Waals surface area contributed by atoms with E-state index < -0.39 is 0 Å². The Morgan fingerprint density at radius 3 is 2.47 bits per heavy atom. The SMILES string of the molecule is N#Cc1cnc(NC[C@H](N)c2ccc(Cl)cc2)nc1. The maximum atomic E-state index is 8.64. The van der Waals surface area contributed by atoms with Gasteiger partial charge in [-0.3, -0.25) is 0 Å². The van der Waals surface area contributed by atoms with E-state index >= 15 is 0 Å². The Hall–Kier alpha value is -2.16. The van der Waals surface area contributed by atoms with E-state index in [4.69, 9.17) is 22.6 Å². The third-order valence-corrected chi connectivity index (χ3v) is 2.81. The van der Waals surface area contributed by atoms with Crippen molar-refractivity contribution in [3.63, 3.8) is 0 Å². The Balaban J connectivity index is 1.94. The van der Waals surface area contributed by atoms with Crippen LogP contribution in [0.3, 0.4) is 0 Å². The average molecular weight is 274 g/mol. The first-order valence-corrected chi connectivity index (χ1v) is 6.04. The fourth-order valence-electron chi connectivity index (χ4n) is 1.51. The molecule has 0 spiro atoms. The molecule has 0 saturated carbocycles. The van der Waals surface area contributed by atoms with Crippen LogP contribution in [0.2, 0.25) is 5.02 Å². The molecule has 1 atom stereocenters. The van der Waals surface area contributed by atoms with Crippen molar-refractivity contribution in [2.24, 2.45) is 5.73 Å². The van der Waals surface area contributed by atoms with Gasteiger partial charge in [0.15, 0.2) is 0 Å². The van der Waals surface area contributed by atoms with Gasteiger partial charge in [-0.05, 0) is 17.7 Å². The summed E-state index contributed by atoms with van der Waals surface area (Å²) in [5.41, 5.74) is 7.44. The van der Waals surface area contributed by atoms with Gasteiger partial charge in [-0.15, -0.1) is 0 Å². The van der Waals surface area contributed by atoms with Gasteiger partial charge in [0, 0.05) is 17.6 Å². The molecular formula is C13H12ClN5. The van der Waals surface area contributed by atoms with Crippen LogP contribution in [0.1, 0.15) is 17.2 Å². The second-order valence-corrected chi connectivity index (χ2v) is 4.38. The zero-order chi connectivity index (χ0) is 13.7. The van der Waals surface area contributed by atoms with E-state index in [2.05, 4.69) is 15.3 Å². The summed E-state index contributed by atoms with van der Waals surface area (Å²) < 4.78 is 0. The van der Waals surface area contributed by atoms with Crippen molar-refractivity contribution in [3.8, 4) is 6.07 Å². The summed E-state index contributed by atoms with van der Waals surface area (Å²) >= 11 is 5.82. The summed E-state index contributed by atoms with van der Waals surface area (Å²) in [6.07, 6.45) is 2.92. The number of benzene rings is 1. The van der Waals surface area contributed by atoms with Gasteiger partial charge in [-0.1, -0.05) is 23.7 Å². The molecule has 0 amide bonds. The molecule has 3 N–H and O–H groups in total. The van der Waals surface area contributed by atoms with Crippen molar-refractivity contribution in [1.29, 1.82) is 5.26 Å². The van der Waals surface area contributed by atoms with E-state index in [0.29, 0.717) is 23.1 Å². The third kappa shape index (κ3) is 3.65. The van der Waals surface area contributed by atoms with Crippen molar-refractivity contribution < 1.29 is 0 Å². The van der Waals surface area contributed by atoms with Crippen LogP contribution >= 0.6 is 11.6 Å². The molecule has 0 aliphatic carbocycles. The molecule has 1 heterocycles. The molecule has 0 unspecified atom stereocenters. The number of nitrogens with one attached hydrogen (secondary N) is 1. The van der Waals surface area contributed by atoms with Crippen molar-refractivity contribution >= 4 is 17.5 Å². The Morgan fingerprint density at radius 2 is 1.89 bits per heavy atom. The van der Waals surface area contributed by atoms with Crippen LogP contribution < -0.4 is 11.1 Å². The van der Waals surface area contributed by atoms with E-state index in [-0.39, 0.29) is 6.04 Å². The molecule has 1 aromatic heterocycles. The first-order chi connectivity index (χ1) is 9.19. The van der Waals surface area contributed by atoms with Crippen LogP contribution in [-0.2, 0) is 0 Å². The molecule has 1 aromatic carbocycles. The summed E-state index contributed by atoms with van der Waals surface area (Å²) in [7, 11) is 0. The predicted molar refractivity (Wildman–Crippen MR) is 73.6 cm³/mol. The first-order valence-electron chi connectivity index (χ1n) is 5.66. The maximum Gasteiger partial charge on any atom is 0.222 e. The van der Waals surface area contributed by atoms with Gasteiger partial charge in [0.1, 0.15) is 6.07 Å². The summed E-state index contributed by atoms with van der Waals surface area (Å²) in [6, 6.07) is 9.14. The van der Waals surface area contributed by atoms with E-state index in [9.17, 15) is 0 Å². The first kappa shape index (κ1) is 13.3. The lowest BCUT2D eigenvalue weighted by Gasteiger charge is -2.13. The smallest absolute Gasteiger partial charge is 0.222 e. The fourth-order valence-corrected chi connectivity index (χ4v) is 1.63. The van der Waals surface area contributed by atoms with Crippen LogP contribution in [0.15, 0.2) is 36.7 Å². The van der Waals surface area contributed by atoms with Gasteiger partial charge in [0.25, 0.3) is 0 Å². The molecule has 0 saturated heterocycles. The molecule has 2 aromatic rings. The fraction of sp³-hybridized carbons (Fsp3) is 0.154. The lowest BCUT2D eigenvalue weighted by molar-refractivity contribution is 0.758. The number of hydrogen-bond acceptors (Lipinski definition) is 5. The normalized spacial score (nSPS) is 11.6. The summed E-state index contributed by atoms with van der Waals surface area (Å²) in [6.45, 7) is 0.494. The van der Waals surface area contributed by atoms with Gasteiger partial charge in [0.05, 0.1) is 18.0 Å². The number of rotatable bonds is 4. The van der Waals surface area contributed by atoms with Gasteiger partial charge in [-0.25, -0.2) is 9.97 Å². The Morgan fingerprint density at radius 1 is 1.26 bits per heavy atom. The number of nitrogens with zero attached hydrogens (tertiary/aromatic N) is 3. The largest absolute Gasteiger partial charge is 0.352 e. The van der Waals surface area contributed by atoms with Crippen LogP contribution in [0, 0.1) is 11.3 Å². The Kier molecular flexibility index (Phi) is 4.29. The number of nitrogens with two attached hydrogens (primary N) is 1. The van der Waals surface area contributed by atoms with Gasteiger partial charge >= 0.3 is 0 Å². The molecule has 2 rings (SSSR count). The number of aromatic nitrogens is 2. The van der Waals surface area contributed by atoms with Crippen molar-refractivity contribution in [2.75, 3.05) is 11.9 Å². The van der Waals surface area contributed by atoms with Crippen molar-refractivity contribution in [3.05, 3.63) is 52.8 Å². The molecular weight excluding hydrogens is 262 g/mol. The van der Waals surface area contributed by atoms with Crippen molar-refractivity contribution in [2.45, 2.75) is 6.04 Å². The number of anilines is 1. The van der Waals surface area contributed by atoms with E-state index in [1.165, 1.54) is 12.4 Å². The molecule has 0 aliphatic rings. The highest BCUT2D eigenvalue weighted by Crippen LogP contribution is 2.15. The Bertz CT molecular complexity index is 573. The molecule has 6 heteroatoms. The molecule has 96 valence electrons. The summed E-state index contributed by atoms with van der Waals surface area (Å²) in [5.74, 6) is 0.448. The standard InChI is InChI=1S/C13H12ClN5/c14-11-3-1-10(2-4-11)12(16)8-19-13-17-6-9(5-15)7-18-13/h1-4,6-7,12H,8,16H2,(H,17,18,19)/t12-/m0/s1. The van der Waals surface area contributed by atoms with Crippen LogP contribution in [0.25, 0.3) is 0 Å². The minimum atomic E-state index is -0.184. The van der Waals surface area contributed by atoms with Crippen LogP contribution in [0.5, 0.6) is 0 Å². The Labute approximate surface area is 116 Å². The number of hydrogen-bond donors (Lipinski definition) is 2. The zero-order valence-electron chi connectivity index (χ0n) is 10.0. The minimum Gasteiger partial charge on any atom is -0.352 e. The molecule has 0 radical (unpaired) electrons. The highest BCUT2D eigenvalue weighted by molar-refractivity contribution is 6.30. The molecule has 0 fully saturated rings. The highest BCUT2D eigenvalue weighted by Gasteiger charge is 2.06. The van der Waals surface area contributed by atoms with E-state index in [0.717, 1.165) is 5.56 Å². The molecule has 19 heavy (non-hydrogen) atoms. The minimum absolute atomic E-state index is 0.184. The molecule has 0 bridgehead atoms. The average Bonchev–Trinajstić information content (AvgIpc) is 2.46. The summed E-state index contributed by atoms with van der Waals surface area (Å²) in [5, 5.41) is 12.3. The lowest BCUT2D eigenvalue weighted by atomic mass is 10.1. The van der Waals surface area contributed by atoms with E-state index in [1.54, 1.807) is 12.1 Å². The molecule has 0 aliphatic heterocycles. The highest BCUT2D eigenvalue weighted by atomic mass is 35.5. The number of halogens is 1. The van der Waals surface area contributed by atoms with Crippen LogP contribution in [0.4, 0.5) is 5.95 Å². The van der Waals surface area contributed by atoms with Gasteiger partial charge < -0.3 is 11.1 Å². The predicted octanol–water partition coefficient (Wildman–Crippen LogP) is 2.11. The monoisotopic (exact) mass is 273 g/mol. The third-order valence-electron chi connectivity index (χ3n) is 2.56. The topological polar surface area (TPSA) is 87.6 Å². The van der Waals surface area contributed by atoms with Gasteiger partial charge in [-0.2, -0.15) is 5.26 Å².